The van der Waals surface area contributed by atoms with Gasteiger partial charge in [-0.15, -0.1) is 0 Å². The molecule has 1 aliphatic rings. The number of hydrogen-bond donors (Lipinski definition) is 0. The molecule has 1 aromatic heterocycles. The lowest BCUT2D eigenvalue weighted by atomic mass is 9.98. The number of rotatable bonds is 6. The number of hydrogen-bond acceptors (Lipinski definition) is 5. The van der Waals surface area contributed by atoms with Gasteiger partial charge in [-0.25, -0.2) is 0 Å². The van der Waals surface area contributed by atoms with Gasteiger partial charge in [-0.1, -0.05) is 30.3 Å². The molecule has 0 atom stereocenters. The van der Waals surface area contributed by atoms with Crippen molar-refractivity contribution in [1.29, 1.82) is 0 Å². The van der Waals surface area contributed by atoms with Gasteiger partial charge in [0.2, 0.25) is 0 Å². The highest BCUT2D eigenvalue weighted by atomic mass is 16.5. The number of nitrogens with zero attached hydrogens (tertiary/aromatic N) is 1. The molecule has 0 fully saturated rings. The first-order valence-electron chi connectivity index (χ1n) is 10.4. The molecule has 5 rings (SSSR count). The second-order valence-electron chi connectivity index (χ2n) is 7.54. The zero-order chi connectivity index (χ0) is 21.4. The Kier molecular flexibility index (Phi) is 4.96. The van der Waals surface area contributed by atoms with E-state index in [2.05, 4.69) is 4.98 Å². The molecule has 0 bridgehead atoms. The van der Waals surface area contributed by atoms with E-state index in [0.29, 0.717) is 36.6 Å². The molecule has 1 aliphatic carbocycles. The molecule has 4 aromatic rings. The molecular formula is C26H21NO4. The van der Waals surface area contributed by atoms with Crippen LogP contribution in [0.4, 0.5) is 0 Å². The lowest BCUT2D eigenvalue weighted by Crippen LogP contribution is -2.14. The number of aromatic nitrogens is 1. The summed E-state index contributed by atoms with van der Waals surface area (Å²) in [4.78, 5) is 30.9. The van der Waals surface area contributed by atoms with E-state index in [9.17, 15) is 9.59 Å². The van der Waals surface area contributed by atoms with E-state index in [1.807, 2.05) is 67.6 Å². The third kappa shape index (κ3) is 3.47. The topological polar surface area (TPSA) is 65.5 Å². The van der Waals surface area contributed by atoms with E-state index in [4.69, 9.17) is 9.47 Å². The van der Waals surface area contributed by atoms with E-state index in [1.165, 1.54) is 0 Å². The highest BCUT2D eigenvalue weighted by molar-refractivity contribution is 6.30. The molecule has 1 heterocycles. The second kappa shape index (κ2) is 7.93. The summed E-state index contributed by atoms with van der Waals surface area (Å²) in [5.74, 6) is -0.533. The Hall–Kier alpha value is -3.57. The van der Waals surface area contributed by atoms with E-state index in [1.54, 1.807) is 6.07 Å². The third-order valence-corrected chi connectivity index (χ3v) is 5.62. The largest absolute Gasteiger partial charge is 0.491 e. The van der Waals surface area contributed by atoms with Crippen molar-refractivity contribution in [2.75, 3.05) is 19.8 Å². The SMILES string of the molecule is CCOCCOc1ccc2nc(C3C(=O)c4cc5ccccc5cc4C3=O)ccc2c1. The Morgan fingerprint density at radius 1 is 0.806 bits per heavy atom. The van der Waals surface area contributed by atoms with Gasteiger partial charge < -0.3 is 9.47 Å². The Morgan fingerprint density at radius 2 is 1.52 bits per heavy atom. The lowest BCUT2D eigenvalue weighted by molar-refractivity contribution is 0.0888. The summed E-state index contributed by atoms with van der Waals surface area (Å²) < 4.78 is 11.0. The first-order chi connectivity index (χ1) is 15.2. The normalized spacial score (nSPS) is 13.8. The molecule has 0 amide bonds. The van der Waals surface area contributed by atoms with Crippen LogP contribution < -0.4 is 4.74 Å². The average Bonchev–Trinajstić information content (AvgIpc) is 3.04. The summed E-state index contributed by atoms with van der Waals surface area (Å²) in [6.07, 6.45) is 0. The Balaban J connectivity index is 1.45. The van der Waals surface area contributed by atoms with Gasteiger partial charge in [-0.3, -0.25) is 14.6 Å². The van der Waals surface area contributed by atoms with Crippen molar-refractivity contribution in [2.45, 2.75) is 12.8 Å². The summed E-state index contributed by atoms with van der Waals surface area (Å²) in [6, 6.07) is 20.6. The third-order valence-electron chi connectivity index (χ3n) is 5.62. The van der Waals surface area contributed by atoms with Gasteiger partial charge in [0.25, 0.3) is 0 Å². The van der Waals surface area contributed by atoms with Crippen LogP contribution in [-0.2, 0) is 4.74 Å². The van der Waals surface area contributed by atoms with E-state index in [0.717, 1.165) is 27.4 Å². The molecule has 0 saturated carbocycles. The minimum atomic E-state index is -0.890. The quantitative estimate of drug-likeness (QED) is 0.331. The van der Waals surface area contributed by atoms with Crippen LogP contribution in [0.1, 0.15) is 39.3 Å². The zero-order valence-electron chi connectivity index (χ0n) is 17.1. The Morgan fingerprint density at radius 3 is 2.19 bits per heavy atom. The van der Waals surface area contributed by atoms with Gasteiger partial charge >= 0.3 is 0 Å². The molecule has 154 valence electrons. The highest BCUT2D eigenvalue weighted by Gasteiger charge is 2.40. The first kappa shape index (κ1) is 19.4. The maximum Gasteiger partial charge on any atom is 0.180 e. The number of carbonyl (C=O) groups is 2. The minimum Gasteiger partial charge on any atom is -0.491 e. The van der Waals surface area contributed by atoms with Gasteiger partial charge in [0.15, 0.2) is 11.6 Å². The molecule has 0 unspecified atom stereocenters. The molecule has 5 nitrogen and oxygen atoms in total. The number of benzene rings is 3. The first-order valence-corrected chi connectivity index (χ1v) is 10.4. The number of ketones is 2. The van der Waals surface area contributed by atoms with Crippen LogP contribution >= 0.6 is 0 Å². The molecule has 3 aromatic carbocycles. The maximum atomic E-state index is 13.1. The molecule has 5 heteroatoms. The summed E-state index contributed by atoms with van der Waals surface area (Å²) in [7, 11) is 0. The maximum absolute atomic E-state index is 13.1. The summed E-state index contributed by atoms with van der Waals surface area (Å²) in [5, 5.41) is 2.79. The van der Waals surface area contributed by atoms with Crippen molar-refractivity contribution >= 4 is 33.2 Å². The number of ether oxygens (including phenoxy) is 2. The number of fused-ring (bicyclic) bond motifs is 3. The average molecular weight is 411 g/mol. The van der Waals surface area contributed by atoms with Crippen LogP contribution in [0, 0.1) is 0 Å². The fourth-order valence-corrected chi connectivity index (χ4v) is 4.08. The van der Waals surface area contributed by atoms with Gasteiger partial charge in [0, 0.05) is 23.1 Å². The van der Waals surface area contributed by atoms with Crippen molar-refractivity contribution in [3.05, 3.63) is 83.6 Å². The molecule has 31 heavy (non-hydrogen) atoms. The van der Waals surface area contributed by atoms with Gasteiger partial charge in [0.1, 0.15) is 18.3 Å². The van der Waals surface area contributed by atoms with Crippen molar-refractivity contribution in [2.24, 2.45) is 0 Å². The van der Waals surface area contributed by atoms with Gasteiger partial charge in [0.05, 0.1) is 17.8 Å². The molecule has 0 radical (unpaired) electrons. The Labute approximate surface area is 179 Å². The van der Waals surface area contributed by atoms with Crippen LogP contribution in [0.5, 0.6) is 5.75 Å². The molecule has 0 spiro atoms. The summed E-state index contributed by atoms with van der Waals surface area (Å²) in [5.41, 5.74) is 2.16. The van der Waals surface area contributed by atoms with Crippen LogP contribution in [-0.4, -0.2) is 36.4 Å². The Bertz CT molecular complexity index is 1270. The zero-order valence-corrected chi connectivity index (χ0v) is 17.1. The molecule has 0 aliphatic heterocycles. The lowest BCUT2D eigenvalue weighted by Gasteiger charge is -2.10. The molecule has 0 N–H and O–H groups in total. The second-order valence-corrected chi connectivity index (χ2v) is 7.54. The van der Waals surface area contributed by atoms with Crippen molar-refractivity contribution in [3.63, 3.8) is 0 Å². The smallest absolute Gasteiger partial charge is 0.180 e. The van der Waals surface area contributed by atoms with Crippen LogP contribution in [0.15, 0.2) is 66.7 Å². The van der Waals surface area contributed by atoms with Crippen molar-refractivity contribution < 1.29 is 19.1 Å². The highest BCUT2D eigenvalue weighted by Crippen LogP contribution is 2.36. The fourth-order valence-electron chi connectivity index (χ4n) is 4.08. The van der Waals surface area contributed by atoms with E-state index in [-0.39, 0.29) is 11.6 Å². The monoisotopic (exact) mass is 411 g/mol. The standard InChI is InChI=1S/C26H21NO4/c1-2-30-11-12-31-19-8-10-22-18(13-19)7-9-23(27-22)24-25(28)20-14-16-5-3-4-6-17(16)15-21(20)26(24)29/h3-10,13-15,24H,2,11-12H2,1H3. The van der Waals surface area contributed by atoms with E-state index >= 15 is 0 Å². The number of carbonyl (C=O) groups excluding carboxylic acids is 2. The number of pyridine rings is 1. The van der Waals surface area contributed by atoms with Crippen molar-refractivity contribution in [3.8, 4) is 5.75 Å². The van der Waals surface area contributed by atoms with E-state index < -0.39 is 5.92 Å². The van der Waals surface area contributed by atoms with Crippen LogP contribution in [0.25, 0.3) is 21.7 Å². The van der Waals surface area contributed by atoms with Crippen LogP contribution in [0.3, 0.4) is 0 Å². The predicted molar refractivity (Wildman–Crippen MR) is 119 cm³/mol. The fraction of sp³-hybridized carbons (Fsp3) is 0.192. The molecule has 0 saturated heterocycles. The van der Waals surface area contributed by atoms with Crippen LogP contribution in [0.2, 0.25) is 0 Å². The molecular weight excluding hydrogens is 390 g/mol. The minimum absolute atomic E-state index is 0.187. The summed E-state index contributed by atoms with van der Waals surface area (Å²) >= 11 is 0. The van der Waals surface area contributed by atoms with Crippen molar-refractivity contribution in [1.82, 2.24) is 4.98 Å². The van der Waals surface area contributed by atoms with Gasteiger partial charge in [-0.05, 0) is 54.1 Å². The number of Topliss-reactive ketones (excluding diaryl/α,β-unsaturated/α-hetero) is 2. The summed E-state index contributed by atoms with van der Waals surface area (Å²) in [6.45, 7) is 3.61. The van der Waals surface area contributed by atoms with Gasteiger partial charge in [-0.2, -0.15) is 0 Å². The predicted octanol–water partition coefficient (Wildman–Crippen LogP) is 4.97.